The average molecular weight is 260 g/mol. The van der Waals surface area contributed by atoms with E-state index in [1.54, 1.807) is 20.8 Å². The van der Waals surface area contributed by atoms with Crippen molar-refractivity contribution in [1.29, 1.82) is 0 Å². The summed E-state index contributed by atoms with van der Waals surface area (Å²) in [5.41, 5.74) is 3.95. The van der Waals surface area contributed by atoms with Crippen LogP contribution in [-0.4, -0.2) is 39.1 Å². The molecule has 0 amide bonds. The summed E-state index contributed by atoms with van der Waals surface area (Å²) in [5, 5.41) is 8.82. The van der Waals surface area contributed by atoms with Crippen LogP contribution >= 0.6 is 11.8 Å². The third-order valence-electron chi connectivity index (χ3n) is 1.81. The number of hydrogen-bond acceptors (Lipinski definition) is 6. The van der Waals surface area contributed by atoms with Gasteiger partial charge in [-0.3, -0.25) is 4.79 Å². The molecule has 0 fully saturated rings. The van der Waals surface area contributed by atoms with Crippen molar-refractivity contribution in [3.8, 4) is 0 Å². The van der Waals surface area contributed by atoms with Gasteiger partial charge in [-0.15, -0.1) is 0 Å². The fraction of sp³-hybridized carbons (Fsp3) is 0.700. The second kappa shape index (κ2) is 4.66. The molecule has 1 atom stereocenters. The number of nitrogens with zero attached hydrogens (tertiary/aromatic N) is 1. The molecule has 1 heterocycles. The minimum Gasteiger partial charge on any atom is -0.481 e. The molecule has 0 aromatic rings. The molecule has 0 aliphatic carbocycles. The monoisotopic (exact) mass is 260 g/mol. The molecule has 0 radical (unpaired) electrons. The largest absolute Gasteiger partial charge is 0.481 e. The number of aliphatic carboxylic acids is 1. The third kappa shape index (κ3) is 4.35. The number of ether oxygens (including phenoxy) is 1. The summed E-state index contributed by atoms with van der Waals surface area (Å²) in [4.78, 5) is 26.2. The summed E-state index contributed by atoms with van der Waals surface area (Å²) < 4.78 is 5.13. The van der Waals surface area contributed by atoms with E-state index in [1.165, 1.54) is 0 Å². The van der Waals surface area contributed by atoms with Crippen LogP contribution in [-0.2, 0) is 14.3 Å². The Balaban J connectivity index is 2.72. The highest BCUT2D eigenvalue weighted by molar-refractivity contribution is 8.16. The SMILES string of the molecule is CC(C)(C)OC(=O)C1=NC(N)(CC(=O)O)CS1. The molecule has 0 bridgehead atoms. The van der Waals surface area contributed by atoms with Crippen molar-refractivity contribution in [2.75, 3.05) is 5.75 Å². The number of rotatable bonds is 3. The third-order valence-corrected chi connectivity index (χ3v) is 2.99. The lowest BCUT2D eigenvalue weighted by molar-refractivity contribution is -0.146. The number of nitrogens with two attached hydrogens (primary N) is 1. The van der Waals surface area contributed by atoms with E-state index in [9.17, 15) is 9.59 Å². The standard InChI is InChI=1S/C10H16N2O4S/c1-9(2,3)16-8(15)7-12-10(11,5-17-7)4-6(13)14/h4-5,11H2,1-3H3,(H,13,14). The van der Waals surface area contributed by atoms with Gasteiger partial charge in [0.15, 0.2) is 5.04 Å². The number of aliphatic imine (C=N–C) groups is 1. The van der Waals surface area contributed by atoms with E-state index in [0.717, 1.165) is 11.8 Å². The van der Waals surface area contributed by atoms with Gasteiger partial charge < -0.3 is 15.6 Å². The Morgan fingerprint density at radius 3 is 2.65 bits per heavy atom. The normalized spacial score (nSPS) is 24.4. The quantitative estimate of drug-likeness (QED) is 0.720. The Kier molecular flexibility index (Phi) is 3.83. The smallest absolute Gasteiger partial charge is 0.363 e. The zero-order chi connectivity index (χ0) is 13.3. The predicted molar refractivity (Wildman–Crippen MR) is 64.9 cm³/mol. The van der Waals surface area contributed by atoms with Crippen LogP contribution in [0.1, 0.15) is 27.2 Å². The lowest BCUT2D eigenvalue weighted by Crippen LogP contribution is -2.40. The molecule has 0 saturated carbocycles. The number of esters is 1. The van der Waals surface area contributed by atoms with Gasteiger partial charge >= 0.3 is 11.9 Å². The van der Waals surface area contributed by atoms with E-state index in [-0.39, 0.29) is 17.2 Å². The van der Waals surface area contributed by atoms with Crippen molar-refractivity contribution < 1.29 is 19.4 Å². The molecule has 0 saturated heterocycles. The van der Waals surface area contributed by atoms with E-state index in [2.05, 4.69) is 4.99 Å². The molecule has 17 heavy (non-hydrogen) atoms. The summed E-state index contributed by atoms with van der Waals surface area (Å²) in [6.07, 6.45) is -0.299. The van der Waals surface area contributed by atoms with Gasteiger partial charge in [-0.1, -0.05) is 11.8 Å². The van der Waals surface area contributed by atoms with Gasteiger partial charge in [0.25, 0.3) is 0 Å². The lowest BCUT2D eigenvalue weighted by Gasteiger charge is -2.19. The van der Waals surface area contributed by atoms with Gasteiger partial charge in [-0.2, -0.15) is 0 Å². The molecule has 1 unspecified atom stereocenters. The lowest BCUT2D eigenvalue weighted by atomic mass is 10.1. The first kappa shape index (κ1) is 14.0. The van der Waals surface area contributed by atoms with Crippen molar-refractivity contribution in [2.45, 2.75) is 38.5 Å². The molecule has 3 N–H and O–H groups in total. The van der Waals surface area contributed by atoms with Gasteiger partial charge in [0.05, 0.1) is 6.42 Å². The van der Waals surface area contributed by atoms with Crippen molar-refractivity contribution in [1.82, 2.24) is 0 Å². The predicted octanol–water partition coefficient (Wildman–Crippen LogP) is 0.603. The van der Waals surface area contributed by atoms with Gasteiger partial charge in [0, 0.05) is 5.75 Å². The van der Waals surface area contributed by atoms with Gasteiger partial charge in [-0.25, -0.2) is 9.79 Å². The van der Waals surface area contributed by atoms with E-state index in [0.29, 0.717) is 0 Å². The molecular weight excluding hydrogens is 244 g/mol. The Labute approximate surface area is 104 Å². The fourth-order valence-corrected chi connectivity index (χ4v) is 2.20. The maximum Gasteiger partial charge on any atom is 0.363 e. The van der Waals surface area contributed by atoms with Crippen LogP contribution in [0, 0.1) is 0 Å². The number of carboxylic acid groups (broad SMARTS) is 1. The van der Waals surface area contributed by atoms with Crippen LogP contribution < -0.4 is 5.73 Å². The topological polar surface area (TPSA) is 102 Å². The van der Waals surface area contributed by atoms with Crippen LogP contribution in [0.2, 0.25) is 0 Å². The fourth-order valence-electron chi connectivity index (χ4n) is 1.24. The van der Waals surface area contributed by atoms with Crippen molar-refractivity contribution in [3.63, 3.8) is 0 Å². The van der Waals surface area contributed by atoms with Gasteiger partial charge in [0.1, 0.15) is 11.3 Å². The van der Waals surface area contributed by atoms with Crippen LogP contribution in [0.15, 0.2) is 4.99 Å². The number of carboxylic acids is 1. The minimum atomic E-state index is -1.21. The first-order valence-electron chi connectivity index (χ1n) is 5.08. The molecule has 1 aliphatic heterocycles. The number of thioether (sulfide) groups is 1. The van der Waals surface area contributed by atoms with Gasteiger partial charge in [0.2, 0.25) is 0 Å². The first-order valence-corrected chi connectivity index (χ1v) is 6.07. The maximum atomic E-state index is 11.7. The van der Waals surface area contributed by atoms with Crippen molar-refractivity contribution >= 4 is 28.7 Å². The highest BCUT2D eigenvalue weighted by Crippen LogP contribution is 2.27. The van der Waals surface area contributed by atoms with E-state index in [4.69, 9.17) is 15.6 Å². The molecule has 7 heteroatoms. The first-order chi connectivity index (χ1) is 7.61. The number of hydrogen-bond donors (Lipinski definition) is 2. The number of carbonyl (C=O) groups excluding carboxylic acids is 1. The van der Waals surface area contributed by atoms with E-state index in [1.807, 2.05) is 0 Å². The molecule has 0 spiro atoms. The van der Waals surface area contributed by atoms with Crippen molar-refractivity contribution in [2.24, 2.45) is 10.7 Å². The molecule has 1 rings (SSSR count). The molecule has 0 aromatic heterocycles. The van der Waals surface area contributed by atoms with Crippen LogP contribution in [0.5, 0.6) is 0 Å². The Hall–Kier alpha value is -1.08. The highest BCUT2D eigenvalue weighted by atomic mass is 32.2. The second-order valence-corrected chi connectivity index (χ2v) is 5.85. The molecule has 0 aromatic carbocycles. The van der Waals surface area contributed by atoms with Crippen LogP contribution in [0.4, 0.5) is 0 Å². The Morgan fingerprint density at radius 1 is 1.59 bits per heavy atom. The van der Waals surface area contributed by atoms with Crippen LogP contribution in [0.3, 0.4) is 0 Å². The minimum absolute atomic E-state index is 0.142. The van der Waals surface area contributed by atoms with E-state index >= 15 is 0 Å². The number of carbonyl (C=O) groups is 2. The highest BCUT2D eigenvalue weighted by Gasteiger charge is 2.37. The summed E-state index contributed by atoms with van der Waals surface area (Å²) in [6.45, 7) is 5.24. The molecule has 96 valence electrons. The Morgan fingerprint density at radius 2 is 2.18 bits per heavy atom. The van der Waals surface area contributed by atoms with Crippen LogP contribution in [0.25, 0.3) is 0 Å². The Bertz CT molecular complexity index is 375. The summed E-state index contributed by atoms with van der Waals surface area (Å²) >= 11 is 1.13. The van der Waals surface area contributed by atoms with Crippen molar-refractivity contribution in [3.05, 3.63) is 0 Å². The molecule has 6 nitrogen and oxygen atoms in total. The molecule has 1 aliphatic rings. The molecular formula is C10H16N2O4S. The summed E-state index contributed by atoms with van der Waals surface area (Å²) in [6, 6.07) is 0. The maximum absolute atomic E-state index is 11.7. The average Bonchev–Trinajstić information content (AvgIpc) is 2.43. The zero-order valence-electron chi connectivity index (χ0n) is 10.0. The van der Waals surface area contributed by atoms with E-state index < -0.39 is 23.2 Å². The summed E-state index contributed by atoms with van der Waals surface area (Å²) in [5.74, 6) is -1.32. The van der Waals surface area contributed by atoms with Gasteiger partial charge in [-0.05, 0) is 20.8 Å². The second-order valence-electron chi connectivity index (χ2n) is 4.88. The zero-order valence-corrected chi connectivity index (χ0v) is 10.8. The summed E-state index contributed by atoms with van der Waals surface area (Å²) in [7, 11) is 0.